The Balaban J connectivity index is 1.94. The Kier molecular flexibility index (Phi) is 5.64. The number of aliphatic hydroxyl groups excluding tert-OH is 1. The quantitative estimate of drug-likeness (QED) is 0.849. The van der Waals surface area contributed by atoms with Crippen LogP contribution in [0.5, 0.6) is 0 Å². The van der Waals surface area contributed by atoms with Crippen LogP contribution in [0.2, 0.25) is 0 Å². The molecular formula is C20H23N3O2S. The fraction of sp³-hybridized carbons (Fsp3) is 0.300. The molecule has 136 valence electrons. The monoisotopic (exact) mass is 369 g/mol. The van der Waals surface area contributed by atoms with Crippen LogP contribution in [0.1, 0.15) is 29.3 Å². The van der Waals surface area contributed by atoms with Gasteiger partial charge in [0.05, 0.1) is 12.1 Å². The van der Waals surface area contributed by atoms with Crippen molar-refractivity contribution in [3.8, 4) is 0 Å². The van der Waals surface area contributed by atoms with Crippen LogP contribution < -0.4 is 10.6 Å². The standard InChI is InChI=1S/C20H23N3O2S/c1-20(10-13-26-19(21)22-20)16-7-5-6-15(14-16)18(25)23(11-12-24)17-8-3-2-4-9-17/h2-9,14,24H,10-13H2,1H3,(H2,21,22). The number of rotatable bonds is 5. The second-order valence-electron chi connectivity index (χ2n) is 6.42. The number of amides is 1. The van der Waals surface area contributed by atoms with E-state index in [-0.39, 0.29) is 19.1 Å². The van der Waals surface area contributed by atoms with Crippen LogP contribution >= 0.6 is 11.8 Å². The Morgan fingerprint density at radius 2 is 2.04 bits per heavy atom. The first kappa shape index (κ1) is 18.5. The molecular weight excluding hydrogens is 346 g/mol. The van der Waals surface area contributed by atoms with E-state index in [9.17, 15) is 9.90 Å². The third-order valence-electron chi connectivity index (χ3n) is 4.56. The molecule has 0 aliphatic carbocycles. The number of hydrogen-bond donors (Lipinski definition) is 2. The second-order valence-corrected chi connectivity index (χ2v) is 7.53. The summed E-state index contributed by atoms with van der Waals surface area (Å²) in [6, 6.07) is 16.9. The molecule has 0 radical (unpaired) electrons. The largest absolute Gasteiger partial charge is 0.395 e. The summed E-state index contributed by atoms with van der Waals surface area (Å²) in [4.78, 5) is 19.3. The molecule has 6 heteroatoms. The van der Waals surface area contributed by atoms with Crippen molar-refractivity contribution in [3.63, 3.8) is 0 Å². The van der Waals surface area contributed by atoms with Crippen LogP contribution in [0.4, 0.5) is 5.69 Å². The molecule has 3 N–H and O–H groups in total. The number of benzene rings is 2. The lowest BCUT2D eigenvalue weighted by Gasteiger charge is -2.30. The van der Waals surface area contributed by atoms with Gasteiger partial charge in [0.15, 0.2) is 5.17 Å². The molecule has 0 bridgehead atoms. The molecule has 1 unspecified atom stereocenters. The van der Waals surface area contributed by atoms with Crippen molar-refractivity contribution in [3.05, 3.63) is 65.7 Å². The van der Waals surface area contributed by atoms with Gasteiger partial charge in [0.1, 0.15) is 0 Å². The van der Waals surface area contributed by atoms with Gasteiger partial charge in [0, 0.05) is 23.5 Å². The maximum atomic E-state index is 13.1. The minimum absolute atomic E-state index is 0.101. The van der Waals surface area contributed by atoms with E-state index >= 15 is 0 Å². The zero-order valence-electron chi connectivity index (χ0n) is 14.8. The van der Waals surface area contributed by atoms with Crippen LogP contribution in [-0.4, -0.2) is 35.1 Å². The van der Waals surface area contributed by atoms with Crippen LogP contribution in [0.15, 0.2) is 59.6 Å². The highest BCUT2D eigenvalue weighted by Crippen LogP contribution is 2.35. The van der Waals surface area contributed by atoms with Crippen molar-refractivity contribution in [2.24, 2.45) is 10.7 Å². The van der Waals surface area contributed by atoms with Crippen LogP contribution in [0.25, 0.3) is 0 Å². The van der Waals surface area contributed by atoms with Crippen molar-refractivity contribution in [1.29, 1.82) is 0 Å². The predicted octanol–water partition coefficient (Wildman–Crippen LogP) is 2.99. The van der Waals surface area contributed by atoms with Gasteiger partial charge in [-0.3, -0.25) is 9.79 Å². The molecule has 1 atom stereocenters. The molecule has 0 fully saturated rings. The van der Waals surface area contributed by atoms with Crippen molar-refractivity contribution < 1.29 is 9.90 Å². The van der Waals surface area contributed by atoms with Gasteiger partial charge in [-0.15, -0.1) is 0 Å². The Morgan fingerprint density at radius 3 is 2.73 bits per heavy atom. The predicted molar refractivity (Wildman–Crippen MR) is 108 cm³/mol. The highest BCUT2D eigenvalue weighted by molar-refractivity contribution is 8.13. The topological polar surface area (TPSA) is 78.9 Å². The molecule has 0 aromatic heterocycles. The van der Waals surface area contributed by atoms with Crippen LogP contribution in [0.3, 0.4) is 0 Å². The molecule has 2 aromatic rings. The molecule has 1 heterocycles. The summed E-state index contributed by atoms with van der Waals surface area (Å²) >= 11 is 1.56. The van der Waals surface area contributed by atoms with Crippen molar-refractivity contribution in [2.75, 3.05) is 23.8 Å². The van der Waals surface area contributed by atoms with Gasteiger partial charge in [-0.1, -0.05) is 42.1 Å². The van der Waals surface area contributed by atoms with Gasteiger partial charge in [-0.05, 0) is 43.2 Å². The zero-order chi connectivity index (χ0) is 18.6. The number of nitrogens with zero attached hydrogens (tertiary/aromatic N) is 2. The summed E-state index contributed by atoms with van der Waals surface area (Å²) in [7, 11) is 0. The molecule has 5 nitrogen and oxygen atoms in total. The minimum atomic E-state index is -0.416. The Bertz CT molecular complexity index is 810. The number of aliphatic imine (C=N–C) groups is 1. The average molecular weight is 369 g/mol. The lowest BCUT2D eigenvalue weighted by Crippen LogP contribution is -2.34. The first-order valence-electron chi connectivity index (χ1n) is 8.60. The van der Waals surface area contributed by atoms with E-state index in [0.717, 1.165) is 23.4 Å². The number of aliphatic hydroxyl groups is 1. The van der Waals surface area contributed by atoms with Crippen molar-refractivity contribution >= 4 is 28.5 Å². The molecule has 0 saturated heterocycles. The SMILES string of the molecule is CC1(c2cccc(C(=O)N(CCO)c3ccccc3)c2)CCSC(N)=N1. The number of hydrogen-bond acceptors (Lipinski definition) is 5. The van der Waals surface area contributed by atoms with Crippen molar-refractivity contribution in [2.45, 2.75) is 18.9 Å². The molecule has 26 heavy (non-hydrogen) atoms. The Morgan fingerprint density at radius 1 is 1.27 bits per heavy atom. The fourth-order valence-electron chi connectivity index (χ4n) is 3.09. The first-order chi connectivity index (χ1) is 12.5. The van der Waals surface area contributed by atoms with Crippen molar-refractivity contribution in [1.82, 2.24) is 0 Å². The van der Waals surface area contributed by atoms with Crippen LogP contribution in [0, 0.1) is 0 Å². The van der Waals surface area contributed by atoms with E-state index in [1.165, 1.54) is 0 Å². The minimum Gasteiger partial charge on any atom is -0.395 e. The van der Waals surface area contributed by atoms with Gasteiger partial charge in [-0.25, -0.2) is 0 Å². The van der Waals surface area contributed by atoms with E-state index in [1.807, 2.05) is 55.5 Å². The molecule has 3 rings (SSSR count). The lowest BCUT2D eigenvalue weighted by atomic mass is 9.88. The third-order valence-corrected chi connectivity index (χ3v) is 5.36. The highest BCUT2D eigenvalue weighted by Gasteiger charge is 2.30. The lowest BCUT2D eigenvalue weighted by molar-refractivity contribution is 0.0981. The molecule has 0 saturated carbocycles. The number of nitrogens with two attached hydrogens (primary N) is 1. The number of anilines is 1. The summed E-state index contributed by atoms with van der Waals surface area (Å²) in [5.74, 6) is 0.767. The normalized spacial score (nSPS) is 19.7. The van der Waals surface area contributed by atoms with E-state index in [2.05, 4.69) is 4.99 Å². The molecule has 1 aliphatic rings. The van der Waals surface area contributed by atoms with E-state index in [0.29, 0.717) is 10.7 Å². The van der Waals surface area contributed by atoms with E-state index in [1.54, 1.807) is 22.7 Å². The number of thioether (sulfide) groups is 1. The van der Waals surface area contributed by atoms with E-state index in [4.69, 9.17) is 5.73 Å². The maximum Gasteiger partial charge on any atom is 0.258 e. The number of carbonyl (C=O) groups is 1. The number of amidine groups is 1. The van der Waals surface area contributed by atoms with E-state index < -0.39 is 5.54 Å². The highest BCUT2D eigenvalue weighted by atomic mass is 32.2. The van der Waals surface area contributed by atoms with Gasteiger partial charge < -0.3 is 15.7 Å². The Hall–Kier alpha value is -2.31. The second kappa shape index (κ2) is 7.93. The van der Waals surface area contributed by atoms with Gasteiger partial charge >= 0.3 is 0 Å². The van der Waals surface area contributed by atoms with Gasteiger partial charge in [-0.2, -0.15) is 0 Å². The molecule has 1 aliphatic heterocycles. The summed E-state index contributed by atoms with van der Waals surface area (Å²) in [6.07, 6.45) is 0.870. The molecule has 1 amide bonds. The first-order valence-corrected chi connectivity index (χ1v) is 9.58. The van der Waals surface area contributed by atoms with Crippen LogP contribution in [-0.2, 0) is 5.54 Å². The smallest absolute Gasteiger partial charge is 0.258 e. The number of carbonyl (C=O) groups excluding carboxylic acids is 1. The summed E-state index contributed by atoms with van der Waals surface area (Å²) < 4.78 is 0. The summed E-state index contributed by atoms with van der Waals surface area (Å²) in [6.45, 7) is 2.19. The Labute approximate surface area is 157 Å². The third kappa shape index (κ3) is 3.92. The zero-order valence-corrected chi connectivity index (χ0v) is 15.6. The average Bonchev–Trinajstić information content (AvgIpc) is 2.66. The summed E-state index contributed by atoms with van der Waals surface area (Å²) in [5, 5.41) is 9.98. The fourth-order valence-corrected chi connectivity index (χ4v) is 4.07. The maximum absolute atomic E-state index is 13.1. The number of para-hydroxylation sites is 1. The summed E-state index contributed by atoms with van der Waals surface area (Å²) in [5.41, 5.74) is 7.82. The van der Waals surface area contributed by atoms with Gasteiger partial charge in [0.25, 0.3) is 5.91 Å². The molecule has 2 aromatic carbocycles. The van der Waals surface area contributed by atoms with Gasteiger partial charge in [0.2, 0.25) is 0 Å². The molecule has 0 spiro atoms.